The minimum atomic E-state index is -0.834. The number of aliphatic carboxylic acids is 1. The highest BCUT2D eigenvalue weighted by Crippen LogP contribution is 2.41. The van der Waals surface area contributed by atoms with Crippen LogP contribution in [0, 0.1) is 0 Å². The molecule has 1 aromatic carbocycles. The maximum absolute atomic E-state index is 10.8. The van der Waals surface area contributed by atoms with Crippen molar-refractivity contribution < 1.29 is 15.0 Å². The Balaban J connectivity index is 1.43. The van der Waals surface area contributed by atoms with Gasteiger partial charge in [0.15, 0.2) is 5.56 Å². The van der Waals surface area contributed by atoms with Gasteiger partial charge in [-0.3, -0.25) is 4.79 Å². The number of hydrogen-bond donors (Lipinski definition) is 5. The van der Waals surface area contributed by atoms with E-state index in [9.17, 15) is 9.90 Å². The van der Waals surface area contributed by atoms with Crippen LogP contribution in [0.25, 0.3) is 10.2 Å². The molecule has 150 valence electrons. The Morgan fingerprint density at radius 1 is 1.34 bits per heavy atom. The van der Waals surface area contributed by atoms with Crippen molar-refractivity contribution in [3.63, 3.8) is 0 Å². The minimum absolute atomic E-state index is 0.0165. The highest BCUT2D eigenvalue weighted by Gasteiger charge is 2.25. The van der Waals surface area contributed by atoms with Gasteiger partial charge in [0.2, 0.25) is 0 Å². The summed E-state index contributed by atoms with van der Waals surface area (Å²) in [7, 11) is 0. The molecule has 0 amide bonds. The number of nitrogens with zero attached hydrogens (tertiary/aromatic N) is 2. The van der Waals surface area contributed by atoms with Crippen LogP contribution < -0.4 is 16.0 Å². The second-order valence-corrected chi connectivity index (χ2v) is 9.28. The van der Waals surface area contributed by atoms with E-state index in [2.05, 4.69) is 25.9 Å². The second kappa shape index (κ2) is 7.45. The summed E-state index contributed by atoms with van der Waals surface area (Å²) in [4.78, 5) is 23.0. The molecule has 5 N–H and O–H groups in total. The first-order valence-corrected chi connectivity index (χ1v) is 11.0. The van der Waals surface area contributed by atoms with Gasteiger partial charge in [-0.25, -0.2) is 9.97 Å². The third kappa shape index (κ3) is 3.64. The number of benzene rings is 1. The van der Waals surface area contributed by atoms with Crippen molar-refractivity contribution in [1.29, 1.82) is 0 Å². The van der Waals surface area contributed by atoms with Crippen molar-refractivity contribution in [1.82, 2.24) is 15.3 Å². The third-order valence-corrected chi connectivity index (χ3v) is 7.24. The normalized spacial score (nSPS) is 20.2. The molecule has 0 spiro atoms. The van der Waals surface area contributed by atoms with Crippen LogP contribution >= 0.6 is 23.1 Å². The molecule has 0 bridgehead atoms. The fraction of sp³-hybridized carbons (Fsp3) is 0.316. The summed E-state index contributed by atoms with van der Waals surface area (Å²) in [5.74, 6) is -0.0550. The average molecular weight is 430 g/mol. The lowest BCUT2D eigenvalue weighted by Gasteiger charge is -2.23. The number of hydrogen-bond acceptors (Lipinski definition) is 9. The molecule has 2 aromatic heterocycles. The summed E-state index contributed by atoms with van der Waals surface area (Å²) in [5.41, 5.74) is 2.48. The number of fused-ring (bicyclic) bond motifs is 4. The van der Waals surface area contributed by atoms with Crippen LogP contribution in [0.4, 0.5) is 17.2 Å². The van der Waals surface area contributed by atoms with Crippen molar-refractivity contribution in [2.45, 2.75) is 35.8 Å². The number of aromatic nitrogens is 2. The van der Waals surface area contributed by atoms with Crippen molar-refractivity contribution in [3.8, 4) is 0 Å². The Hall–Kier alpha value is -2.40. The summed E-state index contributed by atoms with van der Waals surface area (Å²) in [6, 6.07) is 6.08. The predicted octanol–water partition coefficient (Wildman–Crippen LogP) is 2.76. The monoisotopic (exact) mass is 429 g/mol. The lowest BCUT2D eigenvalue weighted by Crippen LogP contribution is -2.37. The van der Waals surface area contributed by atoms with Gasteiger partial charge in [-0.1, -0.05) is 11.8 Å². The first kappa shape index (κ1) is 18.6. The molecule has 8 nitrogen and oxygen atoms in total. The second-order valence-electron chi connectivity index (χ2n) is 7.07. The lowest BCUT2D eigenvalue weighted by atomic mass is 9.93. The molecule has 10 heteroatoms. The highest BCUT2D eigenvalue weighted by atomic mass is 32.2. The predicted molar refractivity (Wildman–Crippen MR) is 114 cm³/mol. The molecule has 1 aliphatic heterocycles. The van der Waals surface area contributed by atoms with E-state index in [0.717, 1.165) is 51.6 Å². The maximum Gasteiger partial charge on any atom is 0.317 e. The first-order chi connectivity index (χ1) is 14.1. The molecule has 0 fully saturated rings. The van der Waals surface area contributed by atoms with Gasteiger partial charge in [0.1, 0.15) is 17.0 Å². The Morgan fingerprint density at radius 3 is 3.10 bits per heavy atom. The molecule has 0 saturated carbocycles. The molecular weight excluding hydrogens is 410 g/mol. The molecule has 2 atom stereocenters. The van der Waals surface area contributed by atoms with Crippen molar-refractivity contribution >= 4 is 56.5 Å². The Morgan fingerprint density at radius 2 is 2.24 bits per heavy atom. The summed E-state index contributed by atoms with van der Waals surface area (Å²) in [5, 5.41) is 29.2. The summed E-state index contributed by atoms with van der Waals surface area (Å²) >= 11 is 3.03. The van der Waals surface area contributed by atoms with Gasteiger partial charge in [-0.15, -0.1) is 11.3 Å². The van der Waals surface area contributed by atoms with E-state index in [0.29, 0.717) is 0 Å². The summed E-state index contributed by atoms with van der Waals surface area (Å²) < 4.78 is 0. The van der Waals surface area contributed by atoms with Gasteiger partial charge in [0.05, 0.1) is 17.6 Å². The Kier molecular flexibility index (Phi) is 4.78. The van der Waals surface area contributed by atoms with Crippen molar-refractivity contribution in [2.24, 2.45) is 0 Å². The molecule has 2 aliphatic rings. The molecule has 1 aliphatic carbocycles. The van der Waals surface area contributed by atoms with Crippen LogP contribution in [-0.2, 0) is 17.6 Å². The number of thioether (sulfide) groups is 1. The fourth-order valence-corrected chi connectivity index (χ4v) is 5.99. The van der Waals surface area contributed by atoms with Crippen LogP contribution in [0.15, 0.2) is 29.4 Å². The van der Waals surface area contributed by atoms with Crippen molar-refractivity contribution in [2.75, 3.05) is 17.2 Å². The largest absolute Gasteiger partial charge is 0.480 e. The van der Waals surface area contributed by atoms with E-state index >= 15 is 0 Å². The molecule has 0 saturated heterocycles. The van der Waals surface area contributed by atoms with Crippen molar-refractivity contribution in [3.05, 3.63) is 35.0 Å². The zero-order valence-electron chi connectivity index (χ0n) is 15.3. The van der Waals surface area contributed by atoms with Crippen LogP contribution in [0.1, 0.15) is 16.9 Å². The molecule has 5 rings (SSSR count). The van der Waals surface area contributed by atoms with E-state index in [1.54, 1.807) is 17.7 Å². The summed E-state index contributed by atoms with van der Waals surface area (Å²) in [6.45, 7) is -0.0165. The smallest absolute Gasteiger partial charge is 0.317 e. The molecule has 2 unspecified atom stereocenters. The van der Waals surface area contributed by atoms with Gasteiger partial charge in [-0.2, -0.15) is 0 Å². The molecule has 29 heavy (non-hydrogen) atoms. The SMILES string of the molecule is O=C(O)CNC1CCc2c(sc3ncnc(Nc4ccc5c(c4)SC(O)N5)c23)C1. The van der Waals surface area contributed by atoms with E-state index in [1.165, 1.54) is 22.2 Å². The standard InChI is InChI=1S/C19H19N5O3S2/c25-15(26)7-20-9-1-3-11-13(5-9)28-18-16(11)17(21-8-22-18)23-10-2-4-12-14(6-10)29-19(27)24-12/h2,4,6,8-9,19-20,24,27H,1,3,5,7H2,(H,25,26)(H,21,22,23). The number of aliphatic hydroxyl groups is 1. The minimum Gasteiger partial charge on any atom is -0.480 e. The zero-order valence-corrected chi connectivity index (χ0v) is 16.9. The van der Waals surface area contributed by atoms with Crippen LogP contribution in [0.5, 0.6) is 0 Å². The molecule has 0 radical (unpaired) electrons. The number of thiophene rings is 1. The number of carboxylic acid groups (broad SMARTS) is 1. The molecule has 3 heterocycles. The van der Waals surface area contributed by atoms with E-state index in [4.69, 9.17) is 5.11 Å². The first-order valence-electron chi connectivity index (χ1n) is 9.29. The highest BCUT2D eigenvalue weighted by molar-refractivity contribution is 8.00. The topological polar surface area (TPSA) is 119 Å². The van der Waals surface area contributed by atoms with Crippen LogP contribution in [0.2, 0.25) is 0 Å². The zero-order chi connectivity index (χ0) is 20.0. The number of carboxylic acids is 1. The van der Waals surface area contributed by atoms with Gasteiger partial charge in [0.25, 0.3) is 0 Å². The van der Waals surface area contributed by atoms with Crippen LogP contribution in [-0.4, -0.2) is 44.3 Å². The Bertz CT molecular complexity index is 1100. The number of carbonyl (C=O) groups is 1. The van der Waals surface area contributed by atoms with E-state index in [-0.39, 0.29) is 12.6 Å². The number of aryl methyl sites for hydroxylation is 1. The average Bonchev–Trinajstić information content (AvgIpc) is 3.25. The number of aliphatic hydroxyl groups excluding tert-OH is 1. The van der Waals surface area contributed by atoms with Crippen LogP contribution in [0.3, 0.4) is 0 Å². The maximum atomic E-state index is 10.8. The molecular formula is C19H19N5O3S2. The Labute approximate surface area is 174 Å². The molecule has 3 aromatic rings. The third-order valence-electron chi connectivity index (χ3n) is 5.15. The number of anilines is 3. The van der Waals surface area contributed by atoms with E-state index in [1.807, 2.05) is 18.2 Å². The van der Waals surface area contributed by atoms with Gasteiger partial charge in [0, 0.05) is 21.5 Å². The van der Waals surface area contributed by atoms with E-state index < -0.39 is 11.5 Å². The van der Waals surface area contributed by atoms with Gasteiger partial charge < -0.3 is 26.2 Å². The lowest BCUT2D eigenvalue weighted by molar-refractivity contribution is -0.136. The number of nitrogens with one attached hydrogen (secondary N) is 3. The quantitative estimate of drug-likeness (QED) is 0.417. The number of rotatable bonds is 5. The summed E-state index contributed by atoms with van der Waals surface area (Å²) in [6.07, 6.45) is 4.13. The fourth-order valence-electron chi connectivity index (χ4n) is 3.85. The van der Waals surface area contributed by atoms with Gasteiger partial charge >= 0.3 is 5.97 Å². The van der Waals surface area contributed by atoms with Gasteiger partial charge in [-0.05, 0) is 43.0 Å².